The Morgan fingerprint density at radius 3 is 2.88 bits per heavy atom. The van der Waals surface area contributed by atoms with Gasteiger partial charge < -0.3 is 10.0 Å². The number of β-lactam (4-membered cyclic amide) rings is 1. The highest BCUT2D eigenvalue weighted by Crippen LogP contribution is 2.19. The minimum atomic E-state index is -1.03. The number of halogens is 1. The Kier molecular flexibility index (Phi) is 3.33. The molecular weight excluding hydrogens is 242 g/mol. The molecule has 17 heavy (non-hydrogen) atoms. The maximum absolute atomic E-state index is 11.4. The zero-order valence-electron chi connectivity index (χ0n) is 9.10. The first-order valence-electron chi connectivity index (χ1n) is 5.34. The third-order valence-electron chi connectivity index (χ3n) is 2.87. The minimum absolute atomic E-state index is 0.292. The largest absolute Gasteiger partial charge is 0.481 e. The number of amides is 1. The molecule has 0 aliphatic carbocycles. The summed E-state index contributed by atoms with van der Waals surface area (Å²) in [5.41, 5.74) is 1.05. The van der Waals surface area contributed by atoms with E-state index < -0.39 is 11.9 Å². The summed E-state index contributed by atoms with van der Waals surface area (Å²) in [7, 11) is 0. The lowest BCUT2D eigenvalue weighted by atomic mass is 9.98. The Hall–Kier alpha value is -1.55. The average Bonchev–Trinajstić information content (AvgIpc) is 2.26. The quantitative estimate of drug-likeness (QED) is 0.652. The predicted molar refractivity (Wildman–Crippen MR) is 62.9 cm³/mol. The lowest BCUT2D eigenvalue weighted by Gasteiger charge is -2.36. The van der Waals surface area contributed by atoms with Gasteiger partial charge in [0.15, 0.2) is 5.92 Å². The molecule has 1 N–H and O–H groups in total. The first-order chi connectivity index (χ1) is 8.08. The van der Waals surface area contributed by atoms with Crippen LogP contribution in [-0.2, 0) is 16.0 Å². The van der Waals surface area contributed by atoms with E-state index in [0.717, 1.165) is 5.56 Å². The molecule has 1 aromatic carbocycles. The van der Waals surface area contributed by atoms with Crippen LogP contribution < -0.4 is 0 Å². The summed E-state index contributed by atoms with van der Waals surface area (Å²) in [5, 5.41) is 9.35. The molecule has 4 nitrogen and oxygen atoms in total. The first kappa shape index (κ1) is 11.9. The number of carbonyl (C=O) groups is 2. The first-order valence-corrected chi connectivity index (χ1v) is 5.72. The molecule has 0 radical (unpaired) electrons. The Morgan fingerprint density at radius 2 is 2.29 bits per heavy atom. The zero-order chi connectivity index (χ0) is 12.4. The van der Waals surface area contributed by atoms with E-state index in [2.05, 4.69) is 0 Å². The van der Waals surface area contributed by atoms with E-state index in [1.54, 1.807) is 11.0 Å². The topological polar surface area (TPSA) is 57.6 Å². The second kappa shape index (κ2) is 4.75. The molecule has 2 rings (SSSR count). The molecule has 90 valence electrons. The van der Waals surface area contributed by atoms with Crippen molar-refractivity contribution in [3.8, 4) is 0 Å². The molecule has 0 saturated carbocycles. The van der Waals surface area contributed by atoms with E-state index in [4.69, 9.17) is 16.7 Å². The smallest absolute Gasteiger partial charge is 0.317 e. The van der Waals surface area contributed by atoms with Gasteiger partial charge >= 0.3 is 5.97 Å². The van der Waals surface area contributed by atoms with Crippen LogP contribution in [0.2, 0.25) is 5.02 Å². The van der Waals surface area contributed by atoms with Gasteiger partial charge in [0.25, 0.3) is 0 Å². The Morgan fingerprint density at radius 1 is 1.53 bits per heavy atom. The van der Waals surface area contributed by atoms with Gasteiger partial charge in [0.05, 0.1) is 0 Å². The van der Waals surface area contributed by atoms with E-state index in [-0.39, 0.29) is 5.91 Å². The normalized spacial score (nSPS) is 19.0. The third-order valence-corrected chi connectivity index (χ3v) is 3.11. The fraction of sp³-hybridized carbons (Fsp3) is 0.333. The van der Waals surface area contributed by atoms with Crippen LogP contribution in [0.5, 0.6) is 0 Å². The van der Waals surface area contributed by atoms with Crippen molar-refractivity contribution in [3.05, 3.63) is 34.9 Å². The van der Waals surface area contributed by atoms with Gasteiger partial charge in [-0.3, -0.25) is 9.59 Å². The summed E-state index contributed by atoms with van der Waals surface area (Å²) in [6, 6.07) is 7.43. The number of nitrogens with zero attached hydrogens (tertiary/aromatic N) is 1. The van der Waals surface area contributed by atoms with Gasteiger partial charge in [-0.1, -0.05) is 23.7 Å². The van der Waals surface area contributed by atoms with Gasteiger partial charge in [-0.2, -0.15) is 0 Å². The second-order valence-corrected chi connectivity index (χ2v) is 4.49. The summed E-state index contributed by atoms with van der Waals surface area (Å²) < 4.78 is 0. The number of carbonyl (C=O) groups excluding carboxylic acids is 1. The number of aliphatic carboxylic acids is 1. The van der Waals surface area contributed by atoms with E-state index in [1.165, 1.54) is 0 Å². The van der Waals surface area contributed by atoms with E-state index in [1.807, 2.05) is 18.2 Å². The Balaban J connectivity index is 1.85. The van der Waals surface area contributed by atoms with Crippen LogP contribution in [0.25, 0.3) is 0 Å². The standard InChI is InChI=1S/C12H12ClNO3/c13-9-3-1-2-8(6-9)4-5-14-7-10(11(14)15)12(16)17/h1-3,6,10H,4-5,7H2,(H,16,17). The predicted octanol–water partition coefficient (Wildman–Crippen LogP) is 1.43. The average molecular weight is 254 g/mol. The van der Waals surface area contributed by atoms with Crippen LogP contribution in [-0.4, -0.2) is 35.0 Å². The lowest BCUT2D eigenvalue weighted by Crippen LogP contribution is -2.56. The Bertz CT molecular complexity index is 461. The van der Waals surface area contributed by atoms with Gasteiger partial charge in [0.1, 0.15) is 0 Å². The number of carboxylic acids is 1. The van der Waals surface area contributed by atoms with Gasteiger partial charge in [0, 0.05) is 18.1 Å². The van der Waals surface area contributed by atoms with Crippen molar-refractivity contribution in [2.75, 3.05) is 13.1 Å². The number of likely N-dealkylation sites (tertiary alicyclic amines) is 1. The zero-order valence-corrected chi connectivity index (χ0v) is 9.85. The van der Waals surface area contributed by atoms with Crippen LogP contribution in [0.1, 0.15) is 5.56 Å². The summed E-state index contributed by atoms with van der Waals surface area (Å²) >= 11 is 5.84. The van der Waals surface area contributed by atoms with E-state index in [0.29, 0.717) is 24.5 Å². The van der Waals surface area contributed by atoms with Crippen molar-refractivity contribution >= 4 is 23.5 Å². The van der Waals surface area contributed by atoms with Crippen molar-refractivity contribution in [2.24, 2.45) is 5.92 Å². The van der Waals surface area contributed by atoms with Crippen molar-refractivity contribution in [1.82, 2.24) is 4.90 Å². The molecule has 1 aromatic rings. The van der Waals surface area contributed by atoms with Crippen molar-refractivity contribution in [3.63, 3.8) is 0 Å². The van der Waals surface area contributed by atoms with Gasteiger partial charge in [-0.25, -0.2) is 0 Å². The fourth-order valence-corrected chi connectivity index (χ4v) is 2.05. The Labute approximate surface area is 104 Å². The molecule has 5 heteroatoms. The number of rotatable bonds is 4. The monoisotopic (exact) mass is 253 g/mol. The molecule has 1 amide bonds. The SMILES string of the molecule is O=C(O)C1CN(CCc2cccc(Cl)c2)C1=O. The van der Waals surface area contributed by atoms with Gasteiger partial charge in [-0.15, -0.1) is 0 Å². The number of hydrogen-bond donors (Lipinski definition) is 1. The maximum atomic E-state index is 11.4. The third kappa shape index (κ3) is 2.58. The van der Waals surface area contributed by atoms with Crippen LogP contribution in [0.4, 0.5) is 0 Å². The van der Waals surface area contributed by atoms with E-state index in [9.17, 15) is 9.59 Å². The van der Waals surface area contributed by atoms with Crippen LogP contribution in [0.15, 0.2) is 24.3 Å². The number of benzene rings is 1. The molecular formula is C12H12ClNO3. The summed E-state index contributed by atoms with van der Waals surface area (Å²) in [5.74, 6) is -2.16. The minimum Gasteiger partial charge on any atom is -0.481 e. The molecule has 1 atom stereocenters. The van der Waals surface area contributed by atoms with Gasteiger partial charge in [-0.05, 0) is 24.1 Å². The van der Waals surface area contributed by atoms with Crippen molar-refractivity contribution in [1.29, 1.82) is 0 Å². The highest BCUT2D eigenvalue weighted by molar-refractivity contribution is 6.30. The lowest BCUT2D eigenvalue weighted by molar-refractivity contribution is -0.161. The van der Waals surface area contributed by atoms with Crippen molar-refractivity contribution < 1.29 is 14.7 Å². The molecule has 0 aromatic heterocycles. The molecule has 1 fully saturated rings. The molecule has 0 bridgehead atoms. The summed E-state index contributed by atoms with van der Waals surface area (Å²) in [4.78, 5) is 23.6. The molecule has 1 saturated heterocycles. The summed E-state index contributed by atoms with van der Waals surface area (Å²) in [6.07, 6.45) is 0.693. The molecule has 1 aliphatic rings. The second-order valence-electron chi connectivity index (χ2n) is 4.05. The fourth-order valence-electron chi connectivity index (χ4n) is 1.84. The highest BCUT2D eigenvalue weighted by atomic mass is 35.5. The van der Waals surface area contributed by atoms with Crippen LogP contribution in [0.3, 0.4) is 0 Å². The number of hydrogen-bond acceptors (Lipinski definition) is 2. The molecule has 1 aliphatic heterocycles. The highest BCUT2D eigenvalue weighted by Gasteiger charge is 2.41. The van der Waals surface area contributed by atoms with Crippen molar-refractivity contribution in [2.45, 2.75) is 6.42 Å². The molecule has 1 heterocycles. The molecule has 0 spiro atoms. The van der Waals surface area contributed by atoms with Crippen LogP contribution in [0, 0.1) is 5.92 Å². The maximum Gasteiger partial charge on any atom is 0.317 e. The molecule has 1 unspecified atom stereocenters. The number of carboxylic acid groups (broad SMARTS) is 1. The van der Waals surface area contributed by atoms with Gasteiger partial charge in [0.2, 0.25) is 5.91 Å². The van der Waals surface area contributed by atoms with Crippen LogP contribution >= 0.6 is 11.6 Å². The van der Waals surface area contributed by atoms with E-state index >= 15 is 0 Å². The summed E-state index contributed by atoms with van der Waals surface area (Å²) in [6.45, 7) is 0.859.